The maximum atomic E-state index is 12.4. The van der Waals surface area contributed by atoms with Crippen molar-refractivity contribution in [1.82, 2.24) is 10.3 Å². The molecular weight excluding hydrogens is 296 g/mol. The van der Waals surface area contributed by atoms with Crippen molar-refractivity contribution in [2.45, 2.75) is 32.2 Å². The minimum atomic E-state index is -0.458. The molecule has 2 heterocycles. The number of aromatic amines is 1. The number of aliphatic hydroxyl groups is 1. The molecule has 3 N–H and O–H groups in total. The maximum Gasteiger partial charge on any atom is 0.261 e. The van der Waals surface area contributed by atoms with Gasteiger partial charge in [-0.15, -0.1) is 0 Å². The quantitative estimate of drug-likeness (QED) is 0.803. The number of aromatic nitrogens is 1. The van der Waals surface area contributed by atoms with Gasteiger partial charge in [0.1, 0.15) is 11.3 Å². The molecule has 1 saturated carbocycles. The molecule has 0 spiro atoms. The van der Waals surface area contributed by atoms with Crippen molar-refractivity contribution >= 4 is 5.91 Å². The SMILES string of the molecule is CC1(CO)CCCC1NC(=O)c1ccc(-c2ccco2)[nH]c1=O. The second-order valence-electron chi connectivity index (χ2n) is 6.32. The highest BCUT2D eigenvalue weighted by molar-refractivity contribution is 5.94. The molecule has 3 rings (SSSR count). The number of nitrogens with one attached hydrogen (secondary N) is 2. The molecule has 6 heteroatoms. The van der Waals surface area contributed by atoms with Crippen LogP contribution in [0, 0.1) is 5.41 Å². The first kappa shape index (κ1) is 15.6. The van der Waals surface area contributed by atoms with Crippen molar-refractivity contribution in [3.05, 3.63) is 46.4 Å². The summed E-state index contributed by atoms with van der Waals surface area (Å²) in [6.45, 7) is 1.97. The molecule has 6 nitrogen and oxygen atoms in total. The number of hydrogen-bond donors (Lipinski definition) is 3. The molecule has 0 aliphatic heterocycles. The summed E-state index contributed by atoms with van der Waals surface area (Å²) in [6.07, 6.45) is 4.15. The van der Waals surface area contributed by atoms with Crippen molar-refractivity contribution in [2.24, 2.45) is 5.41 Å². The summed E-state index contributed by atoms with van der Waals surface area (Å²) >= 11 is 0. The lowest BCUT2D eigenvalue weighted by atomic mass is 9.85. The second-order valence-corrected chi connectivity index (χ2v) is 6.32. The van der Waals surface area contributed by atoms with Crippen LogP contribution in [0.15, 0.2) is 39.7 Å². The molecule has 1 fully saturated rings. The average Bonchev–Trinajstić information content (AvgIpc) is 3.18. The van der Waals surface area contributed by atoms with Crippen LogP contribution in [0.5, 0.6) is 0 Å². The Labute approximate surface area is 133 Å². The van der Waals surface area contributed by atoms with E-state index in [2.05, 4.69) is 10.3 Å². The molecule has 2 aromatic heterocycles. The second kappa shape index (κ2) is 6.04. The summed E-state index contributed by atoms with van der Waals surface area (Å²) < 4.78 is 5.23. The van der Waals surface area contributed by atoms with Crippen molar-refractivity contribution in [3.8, 4) is 11.5 Å². The summed E-state index contributed by atoms with van der Waals surface area (Å²) in [5.41, 5.74) is -0.193. The van der Waals surface area contributed by atoms with Gasteiger partial charge in [-0.05, 0) is 37.1 Å². The first-order chi connectivity index (χ1) is 11.0. The number of aliphatic hydroxyl groups excluding tert-OH is 1. The van der Waals surface area contributed by atoms with E-state index in [0.29, 0.717) is 11.5 Å². The molecule has 0 aromatic carbocycles. The summed E-state index contributed by atoms with van der Waals surface area (Å²) in [4.78, 5) is 27.2. The predicted octanol–water partition coefficient (Wildman–Crippen LogP) is 1.92. The summed E-state index contributed by atoms with van der Waals surface area (Å²) in [7, 11) is 0. The Kier molecular flexibility index (Phi) is 4.09. The van der Waals surface area contributed by atoms with Crippen LogP contribution in [0.3, 0.4) is 0 Å². The van der Waals surface area contributed by atoms with Crippen LogP contribution < -0.4 is 10.9 Å². The standard InChI is InChI=1S/C17H20N2O4/c1-17(10-20)8-2-5-14(17)19-16(22)11-6-7-12(18-15(11)21)13-4-3-9-23-13/h3-4,6-7,9,14,20H,2,5,8,10H2,1H3,(H,18,21)(H,19,22). The van der Waals surface area contributed by atoms with Gasteiger partial charge >= 0.3 is 0 Å². The van der Waals surface area contributed by atoms with E-state index in [-0.39, 0.29) is 23.6 Å². The molecule has 2 unspecified atom stereocenters. The van der Waals surface area contributed by atoms with Gasteiger partial charge in [0.15, 0.2) is 0 Å². The molecule has 0 radical (unpaired) electrons. The van der Waals surface area contributed by atoms with Crippen LogP contribution in [0.25, 0.3) is 11.5 Å². The number of pyridine rings is 1. The van der Waals surface area contributed by atoms with Crippen molar-refractivity contribution in [3.63, 3.8) is 0 Å². The van der Waals surface area contributed by atoms with Crippen LogP contribution in [0.4, 0.5) is 0 Å². The molecule has 0 saturated heterocycles. The van der Waals surface area contributed by atoms with E-state index in [1.54, 1.807) is 18.2 Å². The Morgan fingerprint density at radius 2 is 2.30 bits per heavy atom. The highest BCUT2D eigenvalue weighted by Gasteiger charge is 2.39. The maximum absolute atomic E-state index is 12.4. The van der Waals surface area contributed by atoms with Gasteiger partial charge < -0.3 is 19.8 Å². The van der Waals surface area contributed by atoms with Crippen LogP contribution >= 0.6 is 0 Å². The van der Waals surface area contributed by atoms with Gasteiger partial charge in [0.25, 0.3) is 11.5 Å². The predicted molar refractivity (Wildman–Crippen MR) is 85.1 cm³/mol. The number of hydrogen-bond acceptors (Lipinski definition) is 4. The fraction of sp³-hybridized carbons (Fsp3) is 0.412. The molecule has 23 heavy (non-hydrogen) atoms. The number of H-pyrrole nitrogens is 1. The molecule has 1 amide bonds. The number of carbonyl (C=O) groups excluding carboxylic acids is 1. The number of rotatable bonds is 4. The van der Waals surface area contributed by atoms with Crippen LogP contribution in [-0.4, -0.2) is 28.6 Å². The van der Waals surface area contributed by atoms with E-state index >= 15 is 0 Å². The van der Waals surface area contributed by atoms with Gasteiger partial charge in [0.05, 0.1) is 18.6 Å². The van der Waals surface area contributed by atoms with E-state index in [9.17, 15) is 14.7 Å². The molecule has 2 atom stereocenters. The van der Waals surface area contributed by atoms with E-state index in [1.807, 2.05) is 6.92 Å². The van der Waals surface area contributed by atoms with Gasteiger partial charge in [0.2, 0.25) is 0 Å². The highest BCUT2D eigenvalue weighted by atomic mass is 16.3. The zero-order valence-corrected chi connectivity index (χ0v) is 13.0. The van der Waals surface area contributed by atoms with Crippen molar-refractivity contribution in [2.75, 3.05) is 6.61 Å². The normalized spacial score (nSPS) is 23.8. The lowest BCUT2D eigenvalue weighted by Crippen LogP contribution is -2.45. The third kappa shape index (κ3) is 2.94. The zero-order valence-electron chi connectivity index (χ0n) is 13.0. The van der Waals surface area contributed by atoms with Gasteiger partial charge in [-0.3, -0.25) is 9.59 Å². The van der Waals surface area contributed by atoms with Crippen molar-refractivity contribution in [1.29, 1.82) is 0 Å². The topological polar surface area (TPSA) is 95.3 Å². The fourth-order valence-corrected chi connectivity index (χ4v) is 3.13. The molecule has 1 aliphatic rings. The Morgan fingerprint density at radius 1 is 1.48 bits per heavy atom. The summed E-state index contributed by atoms with van der Waals surface area (Å²) in [6, 6.07) is 6.48. The average molecular weight is 316 g/mol. The van der Waals surface area contributed by atoms with Gasteiger partial charge in [-0.2, -0.15) is 0 Å². The number of furan rings is 1. The minimum absolute atomic E-state index is 0.0196. The smallest absolute Gasteiger partial charge is 0.261 e. The third-order valence-corrected chi connectivity index (χ3v) is 4.69. The molecule has 1 aliphatic carbocycles. The molecule has 0 bridgehead atoms. The van der Waals surface area contributed by atoms with Crippen LogP contribution in [0.2, 0.25) is 0 Å². The highest BCUT2D eigenvalue weighted by Crippen LogP contribution is 2.37. The largest absolute Gasteiger partial charge is 0.463 e. The van der Waals surface area contributed by atoms with Gasteiger partial charge in [-0.1, -0.05) is 13.3 Å². The molecule has 122 valence electrons. The first-order valence-electron chi connectivity index (χ1n) is 7.72. The Bertz CT molecular complexity index is 750. The van der Waals surface area contributed by atoms with E-state index in [4.69, 9.17) is 4.42 Å². The number of carbonyl (C=O) groups is 1. The Morgan fingerprint density at radius 3 is 2.96 bits per heavy atom. The van der Waals surface area contributed by atoms with E-state index in [0.717, 1.165) is 19.3 Å². The Balaban J connectivity index is 1.79. The summed E-state index contributed by atoms with van der Waals surface area (Å²) in [5, 5.41) is 12.4. The lowest BCUT2D eigenvalue weighted by Gasteiger charge is -2.30. The first-order valence-corrected chi connectivity index (χ1v) is 7.72. The van der Waals surface area contributed by atoms with Crippen LogP contribution in [-0.2, 0) is 0 Å². The number of amides is 1. The fourth-order valence-electron chi connectivity index (χ4n) is 3.13. The lowest BCUT2D eigenvalue weighted by molar-refractivity contribution is 0.0829. The van der Waals surface area contributed by atoms with Crippen molar-refractivity contribution < 1.29 is 14.3 Å². The zero-order chi connectivity index (χ0) is 16.4. The van der Waals surface area contributed by atoms with Crippen LogP contribution in [0.1, 0.15) is 36.5 Å². The Hall–Kier alpha value is -2.34. The summed E-state index contributed by atoms with van der Waals surface area (Å²) in [5.74, 6) is 0.126. The molecular formula is C17H20N2O4. The van der Waals surface area contributed by atoms with Gasteiger partial charge in [0, 0.05) is 11.5 Å². The molecule has 2 aromatic rings. The third-order valence-electron chi connectivity index (χ3n) is 4.69. The minimum Gasteiger partial charge on any atom is -0.463 e. The van der Waals surface area contributed by atoms with E-state index in [1.165, 1.54) is 12.3 Å². The monoisotopic (exact) mass is 316 g/mol. The van der Waals surface area contributed by atoms with E-state index < -0.39 is 11.5 Å². The van der Waals surface area contributed by atoms with Gasteiger partial charge in [-0.25, -0.2) is 0 Å².